The molecule has 1 saturated carbocycles. The highest BCUT2D eigenvalue weighted by Crippen LogP contribution is 2.36. The molecule has 0 bridgehead atoms. The third-order valence-electron chi connectivity index (χ3n) is 4.54. The average molecular weight is 273 g/mol. The van der Waals surface area contributed by atoms with Crippen molar-refractivity contribution in [3.05, 3.63) is 35.4 Å². The summed E-state index contributed by atoms with van der Waals surface area (Å²) in [6.07, 6.45) is 6.92. The molecule has 0 aromatic heterocycles. The van der Waals surface area contributed by atoms with Crippen LogP contribution in [-0.4, -0.2) is 25.2 Å². The van der Waals surface area contributed by atoms with Crippen molar-refractivity contribution in [2.24, 2.45) is 0 Å². The summed E-state index contributed by atoms with van der Waals surface area (Å²) >= 11 is 0. The van der Waals surface area contributed by atoms with Crippen molar-refractivity contribution in [3.8, 4) is 0 Å². The summed E-state index contributed by atoms with van der Waals surface area (Å²) in [6.45, 7) is 1.58. The molecule has 1 aliphatic heterocycles. The molecule has 108 valence electrons. The van der Waals surface area contributed by atoms with Crippen molar-refractivity contribution in [2.75, 3.05) is 13.2 Å². The van der Waals surface area contributed by atoms with Gasteiger partial charge < -0.3 is 10.1 Å². The van der Waals surface area contributed by atoms with Gasteiger partial charge in [-0.3, -0.25) is 4.79 Å². The van der Waals surface area contributed by atoms with Gasteiger partial charge in [0.2, 0.25) is 0 Å². The minimum atomic E-state index is 0.0528. The topological polar surface area (TPSA) is 38.3 Å². The molecule has 1 heterocycles. The fourth-order valence-corrected chi connectivity index (χ4v) is 2.97. The average Bonchev–Trinajstić information content (AvgIpc) is 2.66. The van der Waals surface area contributed by atoms with Crippen LogP contribution in [0.25, 0.3) is 0 Å². The zero-order valence-electron chi connectivity index (χ0n) is 11.9. The van der Waals surface area contributed by atoms with Crippen LogP contribution in [-0.2, 0) is 4.74 Å². The first-order valence-corrected chi connectivity index (χ1v) is 7.81. The van der Waals surface area contributed by atoms with E-state index in [0.29, 0.717) is 0 Å². The van der Waals surface area contributed by atoms with Crippen LogP contribution < -0.4 is 5.32 Å². The summed E-state index contributed by atoms with van der Waals surface area (Å²) in [7, 11) is 0. The summed E-state index contributed by atoms with van der Waals surface area (Å²) in [5.74, 6) is 0.781. The Morgan fingerprint density at radius 3 is 2.50 bits per heavy atom. The zero-order chi connectivity index (χ0) is 13.8. The van der Waals surface area contributed by atoms with E-state index in [1.807, 2.05) is 12.1 Å². The monoisotopic (exact) mass is 273 g/mol. The first kappa shape index (κ1) is 13.6. The Morgan fingerprint density at radius 1 is 1.00 bits per heavy atom. The van der Waals surface area contributed by atoms with E-state index in [0.717, 1.165) is 44.0 Å². The van der Waals surface area contributed by atoms with E-state index in [1.165, 1.54) is 24.8 Å². The highest BCUT2D eigenvalue weighted by molar-refractivity contribution is 5.94. The van der Waals surface area contributed by atoms with Crippen molar-refractivity contribution in [3.63, 3.8) is 0 Å². The minimum Gasteiger partial charge on any atom is -0.381 e. The zero-order valence-corrected chi connectivity index (χ0v) is 11.9. The molecule has 2 fully saturated rings. The van der Waals surface area contributed by atoms with Gasteiger partial charge in [0.25, 0.3) is 5.91 Å². The Labute approximate surface area is 120 Å². The molecule has 0 spiro atoms. The van der Waals surface area contributed by atoms with Crippen LogP contribution in [0, 0.1) is 0 Å². The predicted octanol–water partition coefficient (Wildman–Crippen LogP) is 3.25. The highest BCUT2D eigenvalue weighted by Gasteiger charge is 2.20. The van der Waals surface area contributed by atoms with Crippen LogP contribution in [0.1, 0.15) is 60.4 Å². The molecule has 1 atom stereocenters. The second kappa shape index (κ2) is 6.40. The normalized spacial score (nSPS) is 23.7. The third-order valence-corrected chi connectivity index (χ3v) is 4.54. The van der Waals surface area contributed by atoms with Crippen LogP contribution in [0.4, 0.5) is 0 Å². The van der Waals surface area contributed by atoms with Gasteiger partial charge in [0.05, 0.1) is 0 Å². The SMILES string of the molecule is O=C(N[C@H]1CCCOCC1)c1ccc(C2CCC2)cc1. The van der Waals surface area contributed by atoms with Gasteiger partial charge in [-0.1, -0.05) is 18.6 Å². The lowest BCUT2D eigenvalue weighted by Gasteiger charge is -2.25. The molecule has 3 heteroatoms. The van der Waals surface area contributed by atoms with Gasteiger partial charge in [0, 0.05) is 24.8 Å². The van der Waals surface area contributed by atoms with E-state index in [2.05, 4.69) is 17.4 Å². The first-order chi connectivity index (χ1) is 9.83. The van der Waals surface area contributed by atoms with Gasteiger partial charge in [0.1, 0.15) is 0 Å². The lowest BCUT2D eigenvalue weighted by molar-refractivity contribution is 0.0929. The van der Waals surface area contributed by atoms with Crippen LogP contribution in [0.2, 0.25) is 0 Å². The van der Waals surface area contributed by atoms with Gasteiger partial charge in [-0.05, 0) is 55.7 Å². The molecule has 3 nitrogen and oxygen atoms in total. The summed E-state index contributed by atoms with van der Waals surface area (Å²) in [4.78, 5) is 12.2. The lowest BCUT2D eigenvalue weighted by atomic mass is 9.80. The highest BCUT2D eigenvalue weighted by atomic mass is 16.5. The van der Waals surface area contributed by atoms with E-state index >= 15 is 0 Å². The Bertz CT molecular complexity index is 443. The summed E-state index contributed by atoms with van der Waals surface area (Å²) in [6, 6.07) is 8.44. The molecule has 1 N–H and O–H groups in total. The predicted molar refractivity (Wildman–Crippen MR) is 79.0 cm³/mol. The van der Waals surface area contributed by atoms with Crippen molar-refractivity contribution >= 4 is 5.91 Å². The van der Waals surface area contributed by atoms with Gasteiger partial charge in [-0.25, -0.2) is 0 Å². The maximum Gasteiger partial charge on any atom is 0.251 e. The second-order valence-corrected chi connectivity index (χ2v) is 5.96. The molecular weight excluding hydrogens is 250 g/mol. The fraction of sp³-hybridized carbons (Fsp3) is 0.588. The molecule has 1 aromatic carbocycles. The van der Waals surface area contributed by atoms with Crippen molar-refractivity contribution in [2.45, 2.75) is 50.5 Å². The molecule has 1 amide bonds. The number of nitrogens with one attached hydrogen (secondary N) is 1. The second-order valence-electron chi connectivity index (χ2n) is 5.96. The third kappa shape index (κ3) is 3.21. The Morgan fingerprint density at radius 2 is 1.80 bits per heavy atom. The number of ether oxygens (including phenoxy) is 1. The Hall–Kier alpha value is -1.35. The minimum absolute atomic E-state index is 0.0528. The Balaban J connectivity index is 1.58. The van der Waals surface area contributed by atoms with Crippen molar-refractivity contribution in [1.82, 2.24) is 5.32 Å². The summed E-state index contributed by atoms with van der Waals surface area (Å²) in [5, 5.41) is 3.13. The first-order valence-electron chi connectivity index (χ1n) is 7.81. The summed E-state index contributed by atoms with van der Waals surface area (Å²) in [5.41, 5.74) is 2.16. The largest absolute Gasteiger partial charge is 0.381 e. The van der Waals surface area contributed by atoms with E-state index in [1.54, 1.807) is 0 Å². The van der Waals surface area contributed by atoms with E-state index in [9.17, 15) is 4.79 Å². The van der Waals surface area contributed by atoms with Crippen LogP contribution in [0.15, 0.2) is 24.3 Å². The van der Waals surface area contributed by atoms with Gasteiger partial charge in [-0.15, -0.1) is 0 Å². The van der Waals surface area contributed by atoms with Gasteiger partial charge in [-0.2, -0.15) is 0 Å². The molecule has 0 unspecified atom stereocenters. The quantitative estimate of drug-likeness (QED) is 0.918. The van der Waals surface area contributed by atoms with E-state index < -0.39 is 0 Å². The van der Waals surface area contributed by atoms with E-state index in [-0.39, 0.29) is 11.9 Å². The number of rotatable bonds is 3. The molecule has 20 heavy (non-hydrogen) atoms. The number of carbonyl (C=O) groups is 1. The lowest BCUT2D eigenvalue weighted by Crippen LogP contribution is -2.35. The Kier molecular flexibility index (Phi) is 4.36. The summed E-state index contributed by atoms with van der Waals surface area (Å²) < 4.78 is 5.42. The van der Waals surface area contributed by atoms with Gasteiger partial charge in [0.15, 0.2) is 0 Å². The van der Waals surface area contributed by atoms with Crippen LogP contribution in [0.3, 0.4) is 0 Å². The maximum atomic E-state index is 12.2. The number of benzene rings is 1. The van der Waals surface area contributed by atoms with Crippen molar-refractivity contribution < 1.29 is 9.53 Å². The molecule has 0 radical (unpaired) electrons. The van der Waals surface area contributed by atoms with Crippen LogP contribution >= 0.6 is 0 Å². The van der Waals surface area contributed by atoms with Crippen molar-refractivity contribution in [1.29, 1.82) is 0 Å². The molecule has 3 rings (SSSR count). The molecule has 1 aromatic rings. The molecule has 1 saturated heterocycles. The number of carbonyl (C=O) groups excluding carboxylic acids is 1. The molecule has 2 aliphatic rings. The van der Waals surface area contributed by atoms with E-state index in [4.69, 9.17) is 4.74 Å². The molecular formula is C17H23NO2. The molecule has 1 aliphatic carbocycles. The maximum absolute atomic E-state index is 12.2. The number of amides is 1. The van der Waals surface area contributed by atoms with Gasteiger partial charge >= 0.3 is 0 Å². The number of hydrogen-bond donors (Lipinski definition) is 1. The number of hydrogen-bond acceptors (Lipinski definition) is 2. The van der Waals surface area contributed by atoms with Crippen LogP contribution in [0.5, 0.6) is 0 Å². The standard InChI is InChI=1S/C17H23NO2/c19-17(18-16-5-2-11-20-12-10-16)15-8-6-14(7-9-15)13-3-1-4-13/h6-9,13,16H,1-5,10-12H2,(H,18,19)/t16-/m0/s1. The fourth-order valence-electron chi connectivity index (χ4n) is 2.97. The smallest absolute Gasteiger partial charge is 0.251 e.